The van der Waals surface area contributed by atoms with Crippen LogP contribution < -0.4 is 10.5 Å². The average molecular weight is 260 g/mol. The summed E-state index contributed by atoms with van der Waals surface area (Å²) in [5.41, 5.74) is 8.35. The van der Waals surface area contributed by atoms with Crippen molar-refractivity contribution in [3.63, 3.8) is 0 Å². The van der Waals surface area contributed by atoms with E-state index in [0.717, 1.165) is 22.3 Å². The maximum absolute atomic E-state index is 5.82. The Labute approximate surface area is 113 Å². The number of fused-ring (bicyclic) bond motifs is 1. The summed E-state index contributed by atoms with van der Waals surface area (Å²) in [4.78, 5) is 4.47. The molecule has 102 valence electrons. The van der Waals surface area contributed by atoms with Crippen molar-refractivity contribution in [2.24, 2.45) is 0 Å². The lowest BCUT2D eigenvalue weighted by Crippen LogP contribution is -2.11. The van der Waals surface area contributed by atoms with Crippen molar-refractivity contribution in [2.75, 3.05) is 18.9 Å². The van der Waals surface area contributed by atoms with E-state index < -0.39 is 0 Å². The SMILES string of the molecule is Cc1cc(OCCOC(C)C)c2cc(N)ccc2n1. The molecular weight excluding hydrogens is 240 g/mol. The molecule has 0 aliphatic carbocycles. The summed E-state index contributed by atoms with van der Waals surface area (Å²) >= 11 is 0. The first kappa shape index (κ1) is 13.6. The molecule has 0 atom stereocenters. The molecule has 0 radical (unpaired) electrons. The molecule has 1 aromatic heterocycles. The van der Waals surface area contributed by atoms with Crippen LogP contribution in [0.2, 0.25) is 0 Å². The maximum Gasteiger partial charge on any atom is 0.130 e. The zero-order valence-corrected chi connectivity index (χ0v) is 11.6. The average Bonchev–Trinajstić information content (AvgIpc) is 2.35. The van der Waals surface area contributed by atoms with Crippen molar-refractivity contribution in [3.05, 3.63) is 30.0 Å². The van der Waals surface area contributed by atoms with Crippen LogP contribution >= 0.6 is 0 Å². The van der Waals surface area contributed by atoms with Gasteiger partial charge in [-0.15, -0.1) is 0 Å². The van der Waals surface area contributed by atoms with Gasteiger partial charge in [0.25, 0.3) is 0 Å². The van der Waals surface area contributed by atoms with E-state index in [1.807, 2.05) is 45.0 Å². The highest BCUT2D eigenvalue weighted by atomic mass is 16.5. The van der Waals surface area contributed by atoms with Crippen LogP contribution in [0.5, 0.6) is 5.75 Å². The second-order valence-electron chi connectivity index (χ2n) is 4.81. The van der Waals surface area contributed by atoms with Crippen molar-refractivity contribution < 1.29 is 9.47 Å². The van der Waals surface area contributed by atoms with Crippen LogP contribution in [-0.2, 0) is 4.74 Å². The smallest absolute Gasteiger partial charge is 0.130 e. The summed E-state index contributed by atoms with van der Waals surface area (Å²) < 4.78 is 11.2. The van der Waals surface area contributed by atoms with E-state index in [1.54, 1.807) is 0 Å². The fourth-order valence-electron chi connectivity index (χ4n) is 1.89. The zero-order valence-electron chi connectivity index (χ0n) is 11.6. The number of nitrogen functional groups attached to an aromatic ring is 1. The van der Waals surface area contributed by atoms with Crippen LogP contribution in [0.1, 0.15) is 19.5 Å². The van der Waals surface area contributed by atoms with Crippen LogP contribution in [0, 0.1) is 6.92 Å². The third-order valence-corrected chi connectivity index (χ3v) is 2.71. The molecule has 1 aromatic carbocycles. The summed E-state index contributed by atoms with van der Waals surface area (Å²) in [6.45, 7) is 7.06. The topological polar surface area (TPSA) is 57.4 Å². The van der Waals surface area contributed by atoms with Gasteiger partial charge >= 0.3 is 0 Å². The minimum atomic E-state index is 0.218. The molecule has 0 saturated heterocycles. The van der Waals surface area contributed by atoms with E-state index in [9.17, 15) is 0 Å². The highest BCUT2D eigenvalue weighted by Crippen LogP contribution is 2.27. The summed E-state index contributed by atoms with van der Waals surface area (Å²) in [5, 5.41) is 0.940. The number of ether oxygens (including phenoxy) is 2. The quantitative estimate of drug-likeness (QED) is 0.663. The molecule has 1 heterocycles. The van der Waals surface area contributed by atoms with Gasteiger partial charge < -0.3 is 15.2 Å². The van der Waals surface area contributed by atoms with Gasteiger partial charge in [0, 0.05) is 22.8 Å². The maximum atomic E-state index is 5.82. The lowest BCUT2D eigenvalue weighted by molar-refractivity contribution is 0.0556. The van der Waals surface area contributed by atoms with Gasteiger partial charge in [-0.2, -0.15) is 0 Å². The van der Waals surface area contributed by atoms with E-state index in [-0.39, 0.29) is 6.10 Å². The molecule has 0 spiro atoms. The minimum Gasteiger partial charge on any atom is -0.490 e. The van der Waals surface area contributed by atoms with Gasteiger partial charge in [0.2, 0.25) is 0 Å². The number of benzene rings is 1. The molecule has 2 aromatic rings. The molecule has 0 unspecified atom stereocenters. The van der Waals surface area contributed by atoms with Gasteiger partial charge in [0.05, 0.1) is 18.2 Å². The Bertz CT molecular complexity index is 567. The predicted octanol–water partition coefficient (Wildman–Crippen LogP) is 2.93. The van der Waals surface area contributed by atoms with Gasteiger partial charge in [0.1, 0.15) is 12.4 Å². The zero-order chi connectivity index (χ0) is 13.8. The molecular formula is C15H20N2O2. The van der Waals surface area contributed by atoms with E-state index in [0.29, 0.717) is 18.9 Å². The van der Waals surface area contributed by atoms with Gasteiger partial charge in [-0.3, -0.25) is 4.98 Å². The van der Waals surface area contributed by atoms with Crippen LogP contribution in [0.25, 0.3) is 10.9 Å². The largest absolute Gasteiger partial charge is 0.490 e. The fourth-order valence-corrected chi connectivity index (χ4v) is 1.89. The molecule has 0 fully saturated rings. The van der Waals surface area contributed by atoms with Crippen molar-refractivity contribution in [1.82, 2.24) is 4.98 Å². The number of hydrogen-bond donors (Lipinski definition) is 1. The van der Waals surface area contributed by atoms with Crippen LogP contribution in [-0.4, -0.2) is 24.3 Å². The Kier molecular flexibility index (Phi) is 4.22. The number of rotatable bonds is 5. The number of aryl methyl sites for hydroxylation is 1. The molecule has 4 heteroatoms. The second-order valence-corrected chi connectivity index (χ2v) is 4.81. The number of hydrogen-bond acceptors (Lipinski definition) is 4. The Morgan fingerprint density at radius 3 is 2.74 bits per heavy atom. The van der Waals surface area contributed by atoms with Gasteiger partial charge in [0.15, 0.2) is 0 Å². The highest BCUT2D eigenvalue weighted by molar-refractivity contribution is 5.87. The van der Waals surface area contributed by atoms with Crippen molar-refractivity contribution in [1.29, 1.82) is 0 Å². The minimum absolute atomic E-state index is 0.218. The third kappa shape index (κ3) is 3.58. The molecule has 2 rings (SSSR count). The number of pyridine rings is 1. The lowest BCUT2D eigenvalue weighted by Gasteiger charge is -2.12. The first-order valence-electron chi connectivity index (χ1n) is 6.47. The van der Waals surface area contributed by atoms with Crippen LogP contribution in [0.15, 0.2) is 24.3 Å². The number of aromatic nitrogens is 1. The Morgan fingerprint density at radius 2 is 2.00 bits per heavy atom. The standard InChI is InChI=1S/C15H20N2O2/c1-10(2)18-6-7-19-15-8-11(3)17-14-5-4-12(16)9-13(14)15/h4-5,8-10H,6-7,16H2,1-3H3. The lowest BCUT2D eigenvalue weighted by atomic mass is 10.1. The monoisotopic (exact) mass is 260 g/mol. The molecule has 19 heavy (non-hydrogen) atoms. The number of nitrogens with two attached hydrogens (primary N) is 1. The molecule has 4 nitrogen and oxygen atoms in total. The fraction of sp³-hybridized carbons (Fsp3) is 0.400. The highest BCUT2D eigenvalue weighted by Gasteiger charge is 2.06. The molecule has 0 bridgehead atoms. The molecule has 0 aliphatic heterocycles. The Hall–Kier alpha value is -1.81. The van der Waals surface area contributed by atoms with Crippen molar-refractivity contribution in [2.45, 2.75) is 26.9 Å². The van der Waals surface area contributed by atoms with Gasteiger partial charge in [-0.1, -0.05) is 0 Å². The second kappa shape index (κ2) is 5.89. The Morgan fingerprint density at radius 1 is 1.21 bits per heavy atom. The normalized spacial score (nSPS) is 11.2. The number of nitrogens with zero attached hydrogens (tertiary/aromatic N) is 1. The number of anilines is 1. The van der Waals surface area contributed by atoms with Crippen LogP contribution in [0.4, 0.5) is 5.69 Å². The van der Waals surface area contributed by atoms with E-state index in [4.69, 9.17) is 15.2 Å². The molecule has 0 amide bonds. The Balaban J connectivity index is 2.19. The van der Waals surface area contributed by atoms with Gasteiger partial charge in [-0.05, 0) is 39.0 Å². The predicted molar refractivity (Wildman–Crippen MR) is 77.5 cm³/mol. The molecule has 0 saturated carbocycles. The van der Waals surface area contributed by atoms with E-state index >= 15 is 0 Å². The summed E-state index contributed by atoms with van der Waals surface area (Å²) in [6.07, 6.45) is 0.218. The van der Waals surface area contributed by atoms with Crippen molar-refractivity contribution >= 4 is 16.6 Å². The van der Waals surface area contributed by atoms with Gasteiger partial charge in [-0.25, -0.2) is 0 Å². The first-order valence-corrected chi connectivity index (χ1v) is 6.47. The third-order valence-electron chi connectivity index (χ3n) is 2.71. The summed E-state index contributed by atoms with van der Waals surface area (Å²) in [6, 6.07) is 7.58. The van der Waals surface area contributed by atoms with Crippen molar-refractivity contribution in [3.8, 4) is 5.75 Å². The van der Waals surface area contributed by atoms with Crippen LogP contribution in [0.3, 0.4) is 0 Å². The summed E-state index contributed by atoms with van der Waals surface area (Å²) in [5.74, 6) is 0.808. The molecule has 0 aliphatic rings. The molecule has 2 N–H and O–H groups in total. The first-order chi connectivity index (χ1) is 9.06. The summed E-state index contributed by atoms with van der Waals surface area (Å²) in [7, 11) is 0. The van der Waals surface area contributed by atoms with E-state index in [1.165, 1.54) is 0 Å². The van der Waals surface area contributed by atoms with E-state index in [2.05, 4.69) is 4.98 Å².